The van der Waals surface area contributed by atoms with Gasteiger partial charge >= 0.3 is 5.97 Å². The highest BCUT2D eigenvalue weighted by atomic mass is 35.5. The number of unbranched alkanes of at least 4 members (excludes halogenated alkanes) is 1. The summed E-state index contributed by atoms with van der Waals surface area (Å²) in [6, 6.07) is 3.19. The van der Waals surface area contributed by atoms with E-state index in [0.29, 0.717) is 25.2 Å². The summed E-state index contributed by atoms with van der Waals surface area (Å²) in [5.41, 5.74) is 13.6. The average molecular weight is 1700 g/mol. The fourth-order valence-electron chi connectivity index (χ4n) is 14.2. The molecule has 0 radical (unpaired) electrons. The molecule has 0 spiro atoms. The van der Waals surface area contributed by atoms with Gasteiger partial charge in [0.2, 0.25) is 59.3 Å². The quantitative estimate of drug-likeness (QED) is 0.0284. The Balaban J connectivity index is 1.12. The highest BCUT2D eigenvalue weighted by molar-refractivity contribution is 6.32. The number of hydrogen-bond donors (Lipinski definition) is 22. The second-order valence-corrected chi connectivity index (χ2v) is 30.0. The van der Waals surface area contributed by atoms with E-state index in [1.807, 2.05) is 6.07 Å². The highest BCUT2D eigenvalue weighted by Gasteiger charge is 2.52. The molecule has 19 atom stereocenters. The number of primary amides is 1. The van der Waals surface area contributed by atoms with Crippen LogP contribution in [0.5, 0.6) is 51.7 Å². The van der Waals surface area contributed by atoms with Gasteiger partial charge in [-0.3, -0.25) is 38.4 Å². The number of benzene rings is 6. The Morgan fingerprint density at radius 2 is 1.39 bits per heavy atom. The van der Waals surface area contributed by atoms with E-state index in [9.17, 15) is 80.1 Å². The molecule has 11 bridgehead atoms. The highest BCUT2D eigenvalue weighted by Crippen LogP contribution is 2.50. The number of nitrogens with one attached hydrogen (secondary N) is 8. The number of hydrogen-bond acceptors (Lipinski definition) is 29. The number of aliphatic carboxylic acids is 1. The standard InChI is InChI=1S/C79H91Cl2N11O27/c1-4-5-19-113-40-10-8-9-34(20-40)30-85-79(3)29-56(114-33(2)69(79)103)118-68-66(102)65(101)54(32-94)117-78(68)119-67-52-24-38-25-53(67)116-51-17-14-37(23-44(51)81)64(100)62-76(110)90-60(74(108)86-46(77(111)112)11-6-7-18-82)42-26-39(95)27-49(97)57(42)41-21-35(12-15-48(41)96)58(72(106)92-62)89-73(107)59(38)88-71(105)47(28-55(84)98)87-75(109)61(91-70(104)45(83)31-93)63(99)36-13-16-50(115-52)43(80)22-36/h4,8-10,12-17,20-27,33,45-47,54,56,58-66,68-69,78,85,93-97,99-103H,1,5-7,11,18-19,28-32,82-83H2,2-3H3,(H2,84,98)(H,86,108)(H,87,109)(H,88,105)(H,89,107)(H,90,110)(H,91,104)(H,92,106)(H,111,112)/t33-,45-,46-,47-,54+,56-,58+,59+,60-,61+,62-,63+,64+,65+,66-,68+,69+,78-,79-/m0/s1. The van der Waals surface area contributed by atoms with E-state index in [4.69, 9.17) is 73.6 Å². The fourth-order valence-corrected chi connectivity index (χ4v) is 14.7. The molecule has 2 fully saturated rings. The Labute approximate surface area is 688 Å². The summed E-state index contributed by atoms with van der Waals surface area (Å²) < 4.78 is 45.2. The maximum absolute atomic E-state index is 16.3. The molecule has 7 heterocycles. The summed E-state index contributed by atoms with van der Waals surface area (Å²) in [6.07, 6.45) is -16.9. The van der Waals surface area contributed by atoms with Crippen molar-refractivity contribution in [2.45, 2.75) is 174 Å². The Morgan fingerprint density at radius 3 is 2.03 bits per heavy atom. The van der Waals surface area contributed by atoms with Crippen molar-refractivity contribution in [1.82, 2.24) is 42.5 Å². The van der Waals surface area contributed by atoms with Gasteiger partial charge in [0.15, 0.2) is 23.9 Å². The first-order valence-corrected chi connectivity index (χ1v) is 38.3. The molecule has 0 aromatic heterocycles. The summed E-state index contributed by atoms with van der Waals surface area (Å²) in [4.78, 5) is 132. The molecule has 13 rings (SSSR count). The molecule has 40 heteroatoms. The number of nitrogens with two attached hydrogens (primary N) is 3. The zero-order valence-corrected chi connectivity index (χ0v) is 65.2. The SMILES string of the molecule is C=CCCOc1cccc(CN[C@@]2(C)C[C@H](O[C@H]3[C@H](Oc4c5cc6cc4Oc4ccc(cc4Cl)[C@@H](O)[C@@H](NC(=O)[C@@H](N)CO)C(=O)N[C@@H](CC(N)=O)C(=O)N[C@H]6C(=O)N[C@H]4C(=O)N[C@H](C(=O)N[C@H](C(=O)N[C@@H](CCCCN)C(=O)O)c6cc(O)cc(O)c6-c6cc4ccc6O)[C@H](O)c4ccc(c(Cl)c4)O5)O[C@H](CO)[C@@H](O)[C@@H]3O)O[C@@H](C)[C@H]2O)c1. The van der Waals surface area contributed by atoms with Crippen LogP contribution in [0, 0.1) is 0 Å². The van der Waals surface area contributed by atoms with Gasteiger partial charge in [0.25, 0.3) is 0 Å². The van der Waals surface area contributed by atoms with Crippen LogP contribution in [0.3, 0.4) is 0 Å². The lowest BCUT2D eigenvalue weighted by atomic mass is 9.84. The number of ether oxygens (including phenoxy) is 7. The monoisotopic (exact) mass is 1700 g/mol. The number of aromatic hydroxyl groups is 3. The van der Waals surface area contributed by atoms with Crippen molar-refractivity contribution in [3.63, 3.8) is 0 Å². The molecule has 0 aliphatic carbocycles. The van der Waals surface area contributed by atoms with Gasteiger partial charge in [0, 0.05) is 35.7 Å². The lowest BCUT2D eigenvalue weighted by Crippen LogP contribution is -2.65. The number of amides is 8. The first-order chi connectivity index (χ1) is 56.6. The minimum absolute atomic E-state index is 0.134. The molecular formula is C79H91Cl2N11O27. The van der Waals surface area contributed by atoms with Crippen molar-refractivity contribution in [3.05, 3.63) is 159 Å². The first-order valence-electron chi connectivity index (χ1n) is 37.6. The number of phenols is 3. The van der Waals surface area contributed by atoms with E-state index in [2.05, 4.69) is 49.1 Å². The number of aliphatic hydroxyl groups excluding tert-OH is 7. The van der Waals surface area contributed by atoms with E-state index in [0.717, 1.165) is 84.4 Å². The van der Waals surface area contributed by atoms with Crippen LogP contribution in [0.2, 0.25) is 10.0 Å². The van der Waals surface area contributed by atoms with Crippen LogP contribution in [0.25, 0.3) is 11.1 Å². The number of carboxylic acid groups (broad SMARTS) is 1. The smallest absolute Gasteiger partial charge is 0.326 e. The third-order valence-electron chi connectivity index (χ3n) is 20.7. The number of phenolic OH excluding ortho intramolecular Hbond substituents is 3. The summed E-state index contributed by atoms with van der Waals surface area (Å²) in [5.74, 6) is -17.6. The summed E-state index contributed by atoms with van der Waals surface area (Å²) in [6.45, 7) is 5.60. The third-order valence-corrected chi connectivity index (χ3v) is 21.2. The zero-order valence-electron chi connectivity index (χ0n) is 63.7. The predicted molar refractivity (Wildman–Crippen MR) is 416 cm³/mol. The number of aliphatic hydroxyl groups is 7. The predicted octanol–water partition coefficient (Wildman–Crippen LogP) is 0.192. The maximum Gasteiger partial charge on any atom is 0.326 e. The molecule has 7 aliphatic heterocycles. The summed E-state index contributed by atoms with van der Waals surface area (Å²) >= 11 is 14.3. The molecule has 6 aromatic carbocycles. The molecule has 0 unspecified atom stereocenters. The molecular weight excluding hydrogens is 1610 g/mol. The number of rotatable bonds is 24. The largest absolute Gasteiger partial charge is 0.508 e. The number of halogens is 2. The van der Waals surface area contributed by atoms with Gasteiger partial charge in [-0.05, 0) is 146 Å². The van der Waals surface area contributed by atoms with Crippen LogP contribution in [0.15, 0.2) is 116 Å². The van der Waals surface area contributed by atoms with Crippen LogP contribution in [-0.4, -0.2) is 221 Å². The van der Waals surface area contributed by atoms with Gasteiger partial charge in [0.1, 0.15) is 113 Å². The number of carbonyl (C=O) groups is 9. The summed E-state index contributed by atoms with van der Waals surface area (Å²) in [5, 5.41) is 146. The van der Waals surface area contributed by atoms with E-state index in [1.165, 1.54) is 0 Å². The zero-order chi connectivity index (χ0) is 86.2. The van der Waals surface area contributed by atoms with Gasteiger partial charge in [-0.25, -0.2) is 4.79 Å². The molecule has 7 aliphatic rings. The maximum atomic E-state index is 16.3. The average Bonchev–Trinajstić information content (AvgIpc) is 0.809. The summed E-state index contributed by atoms with van der Waals surface area (Å²) in [7, 11) is 0. The lowest BCUT2D eigenvalue weighted by molar-refractivity contribution is -0.334. The Hall–Kier alpha value is -11.1. The van der Waals surface area contributed by atoms with Crippen molar-refractivity contribution >= 4 is 76.4 Å². The minimum Gasteiger partial charge on any atom is -0.508 e. The van der Waals surface area contributed by atoms with Gasteiger partial charge in [-0.1, -0.05) is 59.6 Å². The van der Waals surface area contributed by atoms with Crippen molar-refractivity contribution in [2.75, 3.05) is 26.4 Å². The van der Waals surface area contributed by atoms with Crippen LogP contribution in [0.1, 0.15) is 116 Å². The van der Waals surface area contributed by atoms with Crippen LogP contribution >= 0.6 is 23.2 Å². The number of fused-ring (bicyclic) bond motifs is 15. The normalized spacial score (nSPS) is 26.8. The van der Waals surface area contributed by atoms with Crippen LogP contribution < -0.4 is 78.7 Å². The molecule has 2 saturated heterocycles. The van der Waals surface area contributed by atoms with Crippen molar-refractivity contribution in [3.8, 4) is 62.9 Å². The molecule has 0 saturated carbocycles. The molecule has 119 heavy (non-hydrogen) atoms. The van der Waals surface area contributed by atoms with Gasteiger partial charge < -0.3 is 149 Å². The van der Waals surface area contributed by atoms with Gasteiger partial charge in [-0.2, -0.15) is 0 Å². The minimum atomic E-state index is -2.43. The Morgan fingerprint density at radius 1 is 0.731 bits per heavy atom. The van der Waals surface area contributed by atoms with Crippen LogP contribution in [-0.2, 0) is 63.9 Å². The van der Waals surface area contributed by atoms with E-state index in [1.54, 1.807) is 38.1 Å². The fraction of sp³-hybridized carbons (Fsp3) is 0.405. The van der Waals surface area contributed by atoms with Crippen molar-refractivity contribution in [1.29, 1.82) is 0 Å². The molecule has 638 valence electrons. The Kier molecular flexibility index (Phi) is 28.6. The number of carboxylic acids is 1. The van der Waals surface area contributed by atoms with E-state index >= 15 is 19.2 Å². The van der Waals surface area contributed by atoms with E-state index < -0.39 is 272 Å². The molecule has 38 nitrogen and oxygen atoms in total. The topological polar surface area (TPSA) is 615 Å². The third kappa shape index (κ3) is 20.3. The number of carbonyl (C=O) groups excluding carboxylic acids is 8. The van der Waals surface area contributed by atoms with Gasteiger partial charge in [0.05, 0.1) is 48.5 Å². The van der Waals surface area contributed by atoms with Crippen molar-refractivity contribution in [2.24, 2.45) is 17.2 Å². The lowest BCUT2D eigenvalue weighted by Gasteiger charge is -2.48. The van der Waals surface area contributed by atoms with Crippen molar-refractivity contribution < 1.29 is 132 Å². The first kappa shape index (κ1) is 88.8. The van der Waals surface area contributed by atoms with Gasteiger partial charge in [-0.15, -0.1) is 6.58 Å². The Bertz CT molecular complexity index is 4840. The van der Waals surface area contributed by atoms with Crippen LogP contribution in [0.4, 0.5) is 0 Å². The molecule has 6 aromatic rings. The second-order valence-electron chi connectivity index (χ2n) is 29.2. The molecule has 8 amide bonds. The second kappa shape index (κ2) is 38.3. The molecule has 25 N–H and O–H groups in total. The van der Waals surface area contributed by atoms with E-state index in [-0.39, 0.29) is 43.5 Å².